The van der Waals surface area contributed by atoms with Gasteiger partial charge in [-0.1, -0.05) is 6.92 Å². The zero-order valence-electron chi connectivity index (χ0n) is 13.3. The molecule has 1 aliphatic rings. The lowest BCUT2D eigenvalue weighted by Gasteiger charge is -2.33. The van der Waals surface area contributed by atoms with Gasteiger partial charge < -0.3 is 10.1 Å². The van der Waals surface area contributed by atoms with Gasteiger partial charge in [0.05, 0.1) is 17.3 Å². The van der Waals surface area contributed by atoms with E-state index in [2.05, 4.69) is 0 Å². The van der Waals surface area contributed by atoms with Gasteiger partial charge in [0.1, 0.15) is 0 Å². The summed E-state index contributed by atoms with van der Waals surface area (Å²) in [5, 5.41) is 12.1. The molecule has 1 aromatic rings. The van der Waals surface area contributed by atoms with E-state index in [1.54, 1.807) is 23.1 Å². The number of hydrogen-bond donors (Lipinski definition) is 0. The van der Waals surface area contributed by atoms with Crippen LogP contribution in [0.1, 0.15) is 26.7 Å². The molecule has 1 aromatic heterocycles. The fourth-order valence-corrected chi connectivity index (χ4v) is 5.23. The van der Waals surface area contributed by atoms with Crippen molar-refractivity contribution in [3.05, 3.63) is 29.6 Å². The van der Waals surface area contributed by atoms with Crippen molar-refractivity contribution in [1.82, 2.24) is 4.90 Å². The Morgan fingerprint density at radius 3 is 2.83 bits per heavy atom. The SMILES string of the molecule is CC[C@H](C)N(C(=O)CSc1cccc[n+]1[O-])[C@@H]1CCS(=O)(=O)C1. The molecule has 1 amide bonds. The molecule has 0 spiro atoms. The minimum atomic E-state index is -3.04. The van der Waals surface area contributed by atoms with Gasteiger partial charge in [0.25, 0.3) is 5.03 Å². The first-order valence-electron chi connectivity index (χ1n) is 7.66. The molecule has 0 saturated carbocycles. The van der Waals surface area contributed by atoms with Gasteiger partial charge in [-0.05, 0) is 37.6 Å². The number of carbonyl (C=O) groups excluding carboxylic acids is 1. The van der Waals surface area contributed by atoms with Crippen LogP contribution in [0.5, 0.6) is 0 Å². The van der Waals surface area contributed by atoms with Crippen LogP contribution in [0.3, 0.4) is 0 Å². The van der Waals surface area contributed by atoms with Gasteiger partial charge in [-0.15, -0.1) is 0 Å². The second-order valence-corrected chi connectivity index (χ2v) is 8.99. The standard InChI is InChI=1S/C15H22N2O4S2/c1-3-12(2)17(13-7-9-23(20,21)11-13)14(18)10-22-15-6-4-5-8-16(15)19/h4-6,8,12-13H,3,7,9-11H2,1-2H3/t12-,13+/m0/s1. The first kappa shape index (κ1) is 18.1. The predicted molar refractivity (Wildman–Crippen MR) is 89.8 cm³/mol. The molecule has 1 saturated heterocycles. The molecular formula is C15H22N2O4S2. The number of amides is 1. The van der Waals surface area contributed by atoms with E-state index >= 15 is 0 Å². The minimum absolute atomic E-state index is 0.0171. The summed E-state index contributed by atoms with van der Waals surface area (Å²) in [6, 6.07) is 4.78. The lowest BCUT2D eigenvalue weighted by Crippen LogP contribution is -2.47. The van der Waals surface area contributed by atoms with Crippen molar-refractivity contribution in [3.8, 4) is 0 Å². The molecule has 0 radical (unpaired) electrons. The van der Waals surface area contributed by atoms with Crippen LogP contribution in [0.2, 0.25) is 0 Å². The fraction of sp³-hybridized carbons (Fsp3) is 0.600. The Bertz CT molecular complexity index is 663. The Morgan fingerprint density at radius 2 is 2.26 bits per heavy atom. The topological polar surface area (TPSA) is 81.4 Å². The van der Waals surface area contributed by atoms with Crippen molar-refractivity contribution in [2.75, 3.05) is 17.3 Å². The Balaban J connectivity index is 2.07. The summed E-state index contributed by atoms with van der Waals surface area (Å²) in [4.78, 5) is 14.3. The van der Waals surface area contributed by atoms with E-state index in [1.807, 2.05) is 13.8 Å². The van der Waals surface area contributed by atoms with E-state index in [1.165, 1.54) is 18.0 Å². The number of pyridine rings is 1. The Labute approximate surface area is 141 Å². The highest BCUT2D eigenvalue weighted by Crippen LogP contribution is 2.23. The molecular weight excluding hydrogens is 336 g/mol. The smallest absolute Gasteiger partial charge is 0.251 e. The van der Waals surface area contributed by atoms with Crippen LogP contribution in [-0.4, -0.2) is 48.6 Å². The van der Waals surface area contributed by atoms with Crippen LogP contribution in [0.4, 0.5) is 0 Å². The lowest BCUT2D eigenvalue weighted by atomic mass is 10.1. The van der Waals surface area contributed by atoms with Gasteiger partial charge in [-0.3, -0.25) is 4.79 Å². The molecule has 6 nitrogen and oxygen atoms in total. The summed E-state index contributed by atoms with van der Waals surface area (Å²) in [6.45, 7) is 3.91. The largest absolute Gasteiger partial charge is 0.618 e. The van der Waals surface area contributed by atoms with Crippen LogP contribution in [0.15, 0.2) is 29.4 Å². The second kappa shape index (κ2) is 7.53. The highest BCUT2D eigenvalue weighted by atomic mass is 32.2. The number of aromatic nitrogens is 1. The molecule has 2 heterocycles. The van der Waals surface area contributed by atoms with Crippen molar-refractivity contribution < 1.29 is 17.9 Å². The van der Waals surface area contributed by atoms with E-state index in [0.717, 1.165) is 11.2 Å². The van der Waals surface area contributed by atoms with Crippen LogP contribution in [0, 0.1) is 5.21 Å². The number of nitrogens with zero attached hydrogens (tertiary/aromatic N) is 2. The molecule has 0 aromatic carbocycles. The normalized spacial score (nSPS) is 21.0. The lowest BCUT2D eigenvalue weighted by molar-refractivity contribution is -0.645. The van der Waals surface area contributed by atoms with Crippen molar-refractivity contribution in [1.29, 1.82) is 0 Å². The van der Waals surface area contributed by atoms with Crippen molar-refractivity contribution in [2.45, 2.75) is 43.8 Å². The average Bonchev–Trinajstić information content (AvgIpc) is 2.86. The summed E-state index contributed by atoms with van der Waals surface area (Å²) >= 11 is 1.18. The summed E-state index contributed by atoms with van der Waals surface area (Å²) in [6.07, 6.45) is 2.65. The molecule has 1 aliphatic heterocycles. The second-order valence-electron chi connectivity index (χ2n) is 5.77. The average molecular weight is 358 g/mol. The van der Waals surface area contributed by atoms with Crippen molar-refractivity contribution in [3.63, 3.8) is 0 Å². The number of hydrogen-bond acceptors (Lipinski definition) is 5. The number of sulfone groups is 1. The zero-order chi connectivity index (χ0) is 17.0. The molecule has 2 rings (SSSR count). The fourth-order valence-electron chi connectivity index (χ4n) is 2.74. The van der Waals surface area contributed by atoms with Gasteiger partial charge in [-0.25, -0.2) is 8.42 Å². The maximum absolute atomic E-state index is 12.6. The molecule has 0 bridgehead atoms. The first-order valence-corrected chi connectivity index (χ1v) is 10.5. The maximum atomic E-state index is 12.6. The Morgan fingerprint density at radius 1 is 1.52 bits per heavy atom. The van der Waals surface area contributed by atoms with Gasteiger partial charge in [0, 0.05) is 24.2 Å². The first-order chi connectivity index (χ1) is 10.8. The van der Waals surface area contributed by atoms with E-state index in [4.69, 9.17) is 0 Å². The molecule has 2 atom stereocenters. The van der Waals surface area contributed by atoms with Crippen molar-refractivity contribution in [2.24, 2.45) is 0 Å². The Kier molecular flexibility index (Phi) is 5.91. The molecule has 8 heteroatoms. The quantitative estimate of drug-likeness (QED) is 0.434. The van der Waals surface area contributed by atoms with Gasteiger partial charge >= 0.3 is 0 Å². The van der Waals surface area contributed by atoms with Crippen LogP contribution >= 0.6 is 11.8 Å². The van der Waals surface area contributed by atoms with Gasteiger partial charge in [0.15, 0.2) is 16.0 Å². The van der Waals surface area contributed by atoms with Gasteiger partial charge in [-0.2, -0.15) is 4.73 Å². The number of rotatable bonds is 6. The van der Waals surface area contributed by atoms with Crippen LogP contribution in [0.25, 0.3) is 0 Å². The monoisotopic (exact) mass is 358 g/mol. The molecule has 0 N–H and O–H groups in total. The van der Waals surface area contributed by atoms with E-state index in [0.29, 0.717) is 11.4 Å². The maximum Gasteiger partial charge on any atom is 0.251 e. The Hall–Kier alpha value is -1.28. The molecule has 0 unspecified atom stereocenters. The summed E-state index contributed by atoms with van der Waals surface area (Å²) < 4.78 is 24.2. The molecule has 1 fully saturated rings. The predicted octanol–water partition coefficient (Wildman–Crippen LogP) is 1.23. The van der Waals surface area contributed by atoms with E-state index < -0.39 is 9.84 Å². The molecule has 0 aliphatic carbocycles. The zero-order valence-corrected chi connectivity index (χ0v) is 15.0. The molecule has 23 heavy (non-hydrogen) atoms. The summed E-state index contributed by atoms with van der Waals surface area (Å²) in [5.74, 6) is 0.202. The van der Waals surface area contributed by atoms with Gasteiger partial charge in [0.2, 0.25) is 5.91 Å². The van der Waals surface area contributed by atoms with E-state index in [9.17, 15) is 18.4 Å². The molecule has 128 valence electrons. The minimum Gasteiger partial charge on any atom is -0.618 e. The highest BCUT2D eigenvalue weighted by Gasteiger charge is 2.36. The highest BCUT2D eigenvalue weighted by molar-refractivity contribution is 7.99. The third-order valence-corrected chi connectivity index (χ3v) is 6.84. The summed E-state index contributed by atoms with van der Waals surface area (Å²) in [7, 11) is -3.04. The third-order valence-electron chi connectivity index (χ3n) is 4.09. The third kappa shape index (κ3) is 4.60. The van der Waals surface area contributed by atoms with Crippen LogP contribution in [-0.2, 0) is 14.6 Å². The van der Waals surface area contributed by atoms with Crippen molar-refractivity contribution >= 4 is 27.5 Å². The summed E-state index contributed by atoms with van der Waals surface area (Å²) in [5.41, 5.74) is 0. The van der Waals surface area contributed by atoms with E-state index in [-0.39, 0.29) is 35.2 Å². The number of carbonyl (C=O) groups is 1. The number of thioether (sulfide) groups is 1. The van der Waals surface area contributed by atoms with Crippen LogP contribution < -0.4 is 4.73 Å².